The number of thioether (sulfide) groups is 1. The molecule has 0 fully saturated rings. The first kappa shape index (κ1) is 20.4. The fourth-order valence-electron chi connectivity index (χ4n) is 3.10. The van der Waals surface area contributed by atoms with Crippen LogP contribution in [0.3, 0.4) is 0 Å². The molecule has 3 aromatic rings. The van der Waals surface area contributed by atoms with Gasteiger partial charge in [-0.25, -0.2) is 0 Å². The number of aromatic hydroxyl groups is 1. The Kier molecular flexibility index (Phi) is 6.39. The lowest BCUT2D eigenvalue weighted by Crippen LogP contribution is -2.37. The summed E-state index contributed by atoms with van der Waals surface area (Å²) in [5.41, 5.74) is 1.30. The van der Waals surface area contributed by atoms with Crippen LogP contribution in [-0.4, -0.2) is 41.2 Å². The highest BCUT2D eigenvalue weighted by Crippen LogP contribution is 2.31. The summed E-state index contributed by atoms with van der Waals surface area (Å²) in [4.78, 5) is 16.2. The molecule has 0 aliphatic rings. The Balaban J connectivity index is 2.20. The molecule has 0 amide bonds. The third kappa shape index (κ3) is 3.78. The number of aromatic nitrogens is 1. The third-order valence-electron chi connectivity index (χ3n) is 4.62. The van der Waals surface area contributed by atoms with Crippen LogP contribution in [0.1, 0.15) is 5.56 Å². The molecule has 0 spiro atoms. The van der Waals surface area contributed by atoms with Crippen molar-refractivity contribution in [2.75, 3.05) is 31.4 Å². The molecule has 0 saturated carbocycles. The van der Waals surface area contributed by atoms with Gasteiger partial charge in [-0.3, -0.25) is 4.79 Å². The fourth-order valence-corrected chi connectivity index (χ4v) is 3.92. The van der Waals surface area contributed by atoms with Crippen LogP contribution in [0.25, 0.3) is 10.9 Å². The van der Waals surface area contributed by atoms with E-state index in [1.165, 1.54) is 4.57 Å². The number of benzene rings is 2. The number of pyridine rings is 1. The topological polar surface area (TPSA) is 54.7 Å². The average molecular weight is 415 g/mol. The van der Waals surface area contributed by atoms with E-state index < -0.39 is 0 Å². The first-order valence-corrected chi connectivity index (χ1v) is 10.4. The Morgan fingerprint density at radius 2 is 1.96 bits per heavy atom. The number of anilines is 1. The lowest BCUT2D eigenvalue weighted by molar-refractivity contribution is 0.208. The van der Waals surface area contributed by atoms with E-state index in [0.29, 0.717) is 24.1 Å². The van der Waals surface area contributed by atoms with Crippen LogP contribution < -0.4 is 10.5 Å². The van der Waals surface area contributed by atoms with Gasteiger partial charge in [0.15, 0.2) is 0 Å². The number of ether oxygens (including phenoxy) is 1. The Morgan fingerprint density at radius 3 is 2.61 bits per heavy atom. The van der Waals surface area contributed by atoms with Crippen molar-refractivity contribution < 1.29 is 9.84 Å². The minimum Gasteiger partial charge on any atom is -0.506 e. The van der Waals surface area contributed by atoms with Gasteiger partial charge in [0, 0.05) is 36.7 Å². The van der Waals surface area contributed by atoms with Crippen molar-refractivity contribution in [1.82, 2.24) is 4.57 Å². The summed E-state index contributed by atoms with van der Waals surface area (Å²) >= 11 is 7.26. The van der Waals surface area contributed by atoms with Gasteiger partial charge in [0.1, 0.15) is 16.3 Å². The minimum atomic E-state index is -0.328. The highest BCUT2D eigenvalue weighted by molar-refractivity contribution is 7.98. The monoisotopic (exact) mass is 414 g/mol. The molecule has 0 aliphatic carbocycles. The molecule has 1 aromatic heterocycles. The van der Waals surface area contributed by atoms with Crippen LogP contribution >= 0.6 is 24.0 Å². The largest absolute Gasteiger partial charge is 0.506 e. The van der Waals surface area contributed by atoms with Gasteiger partial charge >= 0.3 is 0 Å². The van der Waals surface area contributed by atoms with E-state index >= 15 is 0 Å². The zero-order valence-corrected chi connectivity index (χ0v) is 17.6. The van der Waals surface area contributed by atoms with Crippen LogP contribution in [0.4, 0.5) is 5.69 Å². The van der Waals surface area contributed by atoms with Gasteiger partial charge in [-0.15, -0.1) is 11.8 Å². The molecule has 0 saturated heterocycles. The van der Waals surface area contributed by atoms with Gasteiger partial charge in [-0.2, -0.15) is 0 Å². The number of nitrogens with zero attached hydrogens (tertiary/aromatic N) is 2. The molecular weight excluding hydrogens is 392 g/mol. The van der Waals surface area contributed by atoms with Gasteiger partial charge in [-0.1, -0.05) is 30.4 Å². The number of hydrogen-bond donors (Lipinski definition) is 1. The number of thiocarbonyl (C=S) groups is 1. The zero-order valence-electron chi connectivity index (χ0n) is 16.0. The van der Waals surface area contributed by atoms with E-state index in [1.54, 1.807) is 25.9 Å². The van der Waals surface area contributed by atoms with Crippen molar-refractivity contribution in [3.63, 3.8) is 0 Å². The highest BCUT2D eigenvalue weighted by Gasteiger charge is 2.23. The maximum absolute atomic E-state index is 13.1. The standard InChI is InChI=1S/C21H22N2O3S2/c1-22-17-10-9-15(28-3)13-16(17)19(24)18(20(22)25)21(27)23(11-12-26-2)14-7-5-4-6-8-14/h4-10,13,24H,11-12H2,1-3H3. The summed E-state index contributed by atoms with van der Waals surface area (Å²) in [6, 6.07) is 15.2. The van der Waals surface area contributed by atoms with Gasteiger partial charge in [0.2, 0.25) is 0 Å². The van der Waals surface area contributed by atoms with Crippen molar-refractivity contribution in [3.8, 4) is 5.75 Å². The average Bonchev–Trinajstić information content (AvgIpc) is 2.73. The molecule has 1 N–H and O–H groups in total. The number of methoxy groups -OCH3 is 1. The van der Waals surface area contributed by atoms with Crippen LogP contribution in [0.2, 0.25) is 0 Å². The number of para-hydroxylation sites is 1. The Labute approximate surface area is 173 Å². The molecule has 0 unspecified atom stereocenters. The second-order valence-corrected chi connectivity index (χ2v) is 7.52. The maximum Gasteiger partial charge on any atom is 0.264 e. The molecule has 0 aliphatic heterocycles. The molecule has 28 heavy (non-hydrogen) atoms. The molecule has 1 heterocycles. The number of rotatable bonds is 6. The second kappa shape index (κ2) is 8.77. The van der Waals surface area contributed by atoms with Crippen molar-refractivity contribution in [1.29, 1.82) is 0 Å². The minimum absolute atomic E-state index is 0.0858. The summed E-state index contributed by atoms with van der Waals surface area (Å²) in [6.45, 7) is 0.894. The molecular formula is C21H22N2O3S2. The lowest BCUT2D eigenvalue weighted by Gasteiger charge is -2.26. The predicted molar refractivity (Wildman–Crippen MR) is 120 cm³/mol. The van der Waals surface area contributed by atoms with E-state index in [-0.39, 0.29) is 21.9 Å². The number of aryl methyl sites for hydroxylation is 1. The Hall–Kier alpha value is -2.35. The van der Waals surface area contributed by atoms with E-state index in [9.17, 15) is 9.90 Å². The summed E-state index contributed by atoms with van der Waals surface area (Å²) in [6.07, 6.45) is 1.97. The molecule has 0 radical (unpaired) electrons. The van der Waals surface area contributed by atoms with Crippen molar-refractivity contribution in [2.45, 2.75) is 4.90 Å². The van der Waals surface area contributed by atoms with Gasteiger partial charge in [-0.05, 0) is 36.6 Å². The SMILES string of the molecule is COCCN(C(=S)c1c(O)c2cc(SC)ccc2n(C)c1=O)c1ccccc1. The first-order valence-electron chi connectivity index (χ1n) is 8.75. The van der Waals surface area contributed by atoms with Gasteiger partial charge in [0.25, 0.3) is 5.56 Å². The van der Waals surface area contributed by atoms with Gasteiger partial charge in [0.05, 0.1) is 12.1 Å². The quantitative estimate of drug-likeness (QED) is 0.489. The molecule has 146 valence electrons. The van der Waals surface area contributed by atoms with Crippen LogP contribution in [0.5, 0.6) is 5.75 Å². The Morgan fingerprint density at radius 1 is 1.25 bits per heavy atom. The fraction of sp³-hybridized carbons (Fsp3) is 0.238. The summed E-state index contributed by atoms with van der Waals surface area (Å²) in [5, 5.41) is 11.6. The van der Waals surface area contributed by atoms with Crippen LogP contribution in [0, 0.1) is 0 Å². The number of hydrogen-bond acceptors (Lipinski definition) is 5. The molecule has 2 aromatic carbocycles. The molecule has 5 nitrogen and oxygen atoms in total. The summed E-state index contributed by atoms with van der Waals surface area (Å²) < 4.78 is 6.74. The van der Waals surface area contributed by atoms with Crippen LogP contribution in [0.15, 0.2) is 58.2 Å². The van der Waals surface area contributed by atoms with E-state index in [0.717, 1.165) is 10.6 Å². The molecule has 0 atom stereocenters. The smallest absolute Gasteiger partial charge is 0.264 e. The van der Waals surface area contributed by atoms with Gasteiger partial charge < -0.3 is 19.3 Å². The lowest BCUT2D eigenvalue weighted by atomic mass is 10.1. The highest BCUT2D eigenvalue weighted by atomic mass is 32.2. The maximum atomic E-state index is 13.1. The molecule has 3 rings (SSSR count). The normalized spacial score (nSPS) is 11.0. The third-order valence-corrected chi connectivity index (χ3v) is 5.77. The van der Waals surface area contributed by atoms with E-state index in [1.807, 2.05) is 59.7 Å². The van der Waals surface area contributed by atoms with E-state index in [2.05, 4.69) is 0 Å². The first-order chi connectivity index (χ1) is 13.5. The number of fused-ring (bicyclic) bond motifs is 1. The van der Waals surface area contributed by atoms with Crippen molar-refractivity contribution >= 4 is 45.6 Å². The summed E-state index contributed by atoms with van der Waals surface area (Å²) in [5.74, 6) is -0.0858. The second-order valence-electron chi connectivity index (χ2n) is 6.26. The van der Waals surface area contributed by atoms with Crippen LogP contribution in [-0.2, 0) is 11.8 Å². The zero-order chi connectivity index (χ0) is 20.3. The Bertz CT molecular complexity index is 1060. The molecule has 0 bridgehead atoms. The van der Waals surface area contributed by atoms with Crippen molar-refractivity contribution in [3.05, 3.63) is 64.4 Å². The van der Waals surface area contributed by atoms with E-state index in [4.69, 9.17) is 17.0 Å². The summed E-state index contributed by atoms with van der Waals surface area (Å²) in [7, 11) is 3.31. The van der Waals surface area contributed by atoms with Crippen molar-refractivity contribution in [2.24, 2.45) is 7.05 Å². The molecule has 7 heteroatoms. The predicted octanol–water partition coefficient (Wildman–Crippen LogP) is 3.79.